The van der Waals surface area contributed by atoms with Gasteiger partial charge in [-0.1, -0.05) is 48.5 Å². The van der Waals surface area contributed by atoms with E-state index in [1.807, 2.05) is 13.0 Å². The topological polar surface area (TPSA) is 103 Å². The molecule has 1 saturated heterocycles. The maximum absolute atomic E-state index is 14.9. The van der Waals surface area contributed by atoms with Crippen molar-refractivity contribution < 1.29 is 24.3 Å². The average molecular weight is 395 g/mol. The van der Waals surface area contributed by atoms with Gasteiger partial charge in [-0.15, -0.1) is 0 Å². The highest BCUT2D eigenvalue weighted by Crippen LogP contribution is 2.37. The van der Waals surface area contributed by atoms with Crippen molar-refractivity contribution in [2.75, 3.05) is 18.0 Å². The van der Waals surface area contributed by atoms with Gasteiger partial charge in [0.05, 0.1) is 18.0 Å². The zero-order valence-electron chi connectivity index (χ0n) is 15.5. The summed E-state index contributed by atoms with van der Waals surface area (Å²) < 4.78 is 14.9. The summed E-state index contributed by atoms with van der Waals surface area (Å²) in [6, 6.07) is 10.1. The lowest BCUT2D eigenvalue weighted by Gasteiger charge is -2.25. The molecule has 1 aliphatic carbocycles. The number of pyridine rings is 1. The molecular weight excluding hydrogens is 377 g/mol. The molecule has 0 amide bonds. The van der Waals surface area contributed by atoms with Crippen LogP contribution in [0.15, 0.2) is 53.2 Å². The maximum atomic E-state index is 14.9. The van der Waals surface area contributed by atoms with Crippen LogP contribution in [0.2, 0.25) is 0 Å². The van der Waals surface area contributed by atoms with Gasteiger partial charge in [0, 0.05) is 23.9 Å². The third-order valence-electron chi connectivity index (χ3n) is 5.34. The van der Waals surface area contributed by atoms with Crippen LogP contribution in [0.25, 0.3) is 0 Å². The standard InChI is InChI=1S/C21H18FN3O4/c1-11-9-25(10-17(11)24-29)20-16(22)8-14-18(23-20)13(12-5-3-2-4-6-12)7-15(19(14)26)21(27)28/h2-8,11,13,29H,9-10H2,1H3,(H,27,28)/b24-17+. The van der Waals surface area contributed by atoms with E-state index in [1.54, 1.807) is 29.2 Å². The van der Waals surface area contributed by atoms with Gasteiger partial charge in [-0.05, 0) is 11.6 Å². The van der Waals surface area contributed by atoms with Crippen molar-refractivity contribution in [3.05, 3.63) is 70.7 Å². The summed E-state index contributed by atoms with van der Waals surface area (Å²) in [5.41, 5.74) is 1.13. The van der Waals surface area contributed by atoms with Gasteiger partial charge in [-0.2, -0.15) is 0 Å². The molecule has 0 radical (unpaired) electrons. The second kappa shape index (κ2) is 7.12. The largest absolute Gasteiger partial charge is 0.478 e. The molecule has 1 aromatic carbocycles. The number of ketones is 1. The highest BCUT2D eigenvalue weighted by Gasteiger charge is 2.36. The molecule has 8 heteroatoms. The molecule has 2 N–H and O–H groups in total. The Kier molecular flexibility index (Phi) is 4.62. The van der Waals surface area contributed by atoms with Gasteiger partial charge in [0.25, 0.3) is 0 Å². The van der Waals surface area contributed by atoms with Crippen molar-refractivity contribution in [3.63, 3.8) is 0 Å². The molecule has 2 atom stereocenters. The average Bonchev–Trinajstić information content (AvgIpc) is 3.09. The Labute approximate surface area is 165 Å². The molecule has 4 rings (SSSR count). The molecule has 0 spiro atoms. The molecule has 2 aliphatic rings. The molecule has 7 nitrogen and oxygen atoms in total. The minimum atomic E-state index is -1.36. The Bertz CT molecular complexity index is 1070. The van der Waals surface area contributed by atoms with Gasteiger partial charge < -0.3 is 15.2 Å². The number of rotatable bonds is 3. The molecular formula is C21H18FN3O4. The van der Waals surface area contributed by atoms with Crippen molar-refractivity contribution in [1.82, 2.24) is 4.98 Å². The summed E-state index contributed by atoms with van der Waals surface area (Å²) in [6.45, 7) is 2.51. The molecule has 0 bridgehead atoms. The number of hydrogen-bond acceptors (Lipinski definition) is 6. The molecule has 2 unspecified atom stereocenters. The minimum Gasteiger partial charge on any atom is -0.478 e. The maximum Gasteiger partial charge on any atom is 0.339 e. The van der Waals surface area contributed by atoms with E-state index >= 15 is 0 Å². The fraction of sp³-hybridized carbons (Fsp3) is 0.238. The lowest BCUT2D eigenvalue weighted by molar-refractivity contribution is -0.132. The first-order chi connectivity index (χ1) is 13.9. The number of benzene rings is 1. The number of carboxylic acids is 1. The summed E-state index contributed by atoms with van der Waals surface area (Å²) in [7, 11) is 0. The summed E-state index contributed by atoms with van der Waals surface area (Å²) in [5, 5.41) is 21.8. The molecule has 1 aromatic heterocycles. The van der Waals surface area contributed by atoms with Crippen molar-refractivity contribution in [3.8, 4) is 0 Å². The predicted octanol–water partition coefficient (Wildman–Crippen LogP) is 2.85. The van der Waals surface area contributed by atoms with E-state index in [4.69, 9.17) is 5.21 Å². The number of aromatic nitrogens is 1. The zero-order valence-corrected chi connectivity index (χ0v) is 15.5. The Hall–Kier alpha value is -3.55. The molecule has 148 valence electrons. The van der Waals surface area contributed by atoms with E-state index in [0.29, 0.717) is 18.0 Å². The monoisotopic (exact) mass is 395 g/mol. The van der Waals surface area contributed by atoms with Crippen LogP contribution in [-0.4, -0.2) is 45.9 Å². The minimum absolute atomic E-state index is 0.0511. The van der Waals surface area contributed by atoms with Crippen LogP contribution in [0.1, 0.15) is 34.5 Å². The van der Waals surface area contributed by atoms with Crippen molar-refractivity contribution in [2.24, 2.45) is 11.1 Å². The van der Waals surface area contributed by atoms with Crippen molar-refractivity contribution >= 4 is 23.3 Å². The fourth-order valence-corrected chi connectivity index (χ4v) is 3.83. The van der Waals surface area contributed by atoms with Crippen LogP contribution in [0.5, 0.6) is 0 Å². The number of Topliss-reactive ketones (excluding diaryl/α,β-unsaturated/α-hetero) is 1. The second-order valence-corrected chi connectivity index (χ2v) is 7.20. The van der Waals surface area contributed by atoms with E-state index in [-0.39, 0.29) is 23.8 Å². The van der Waals surface area contributed by atoms with Crippen LogP contribution < -0.4 is 4.90 Å². The van der Waals surface area contributed by atoms with Gasteiger partial charge in [-0.25, -0.2) is 14.2 Å². The van der Waals surface area contributed by atoms with E-state index in [9.17, 15) is 19.1 Å². The molecule has 1 fully saturated rings. The van der Waals surface area contributed by atoms with Gasteiger partial charge in [-0.3, -0.25) is 4.79 Å². The van der Waals surface area contributed by atoms with Crippen LogP contribution in [0, 0.1) is 11.7 Å². The molecule has 0 saturated carbocycles. The third kappa shape index (κ3) is 3.16. The predicted molar refractivity (Wildman–Crippen MR) is 103 cm³/mol. The van der Waals surface area contributed by atoms with Crippen LogP contribution >= 0.6 is 0 Å². The number of hydrogen-bond donors (Lipinski definition) is 2. The van der Waals surface area contributed by atoms with Crippen LogP contribution in [0.3, 0.4) is 0 Å². The van der Waals surface area contributed by atoms with E-state index in [2.05, 4.69) is 10.1 Å². The Morgan fingerprint density at radius 2 is 2.03 bits per heavy atom. The number of allylic oxidation sites excluding steroid dienone is 1. The highest BCUT2D eigenvalue weighted by atomic mass is 19.1. The smallest absolute Gasteiger partial charge is 0.339 e. The number of aliphatic carboxylic acids is 1. The number of carboxylic acid groups (broad SMARTS) is 1. The van der Waals surface area contributed by atoms with Gasteiger partial charge in [0.1, 0.15) is 5.57 Å². The second-order valence-electron chi connectivity index (χ2n) is 7.20. The summed E-state index contributed by atoms with van der Waals surface area (Å²) in [6.07, 6.45) is 1.37. The third-order valence-corrected chi connectivity index (χ3v) is 5.34. The number of oxime groups is 1. The summed E-state index contributed by atoms with van der Waals surface area (Å²) >= 11 is 0. The van der Waals surface area contributed by atoms with Crippen molar-refractivity contribution in [2.45, 2.75) is 12.8 Å². The number of carbonyl (C=O) groups excluding carboxylic acids is 1. The highest BCUT2D eigenvalue weighted by molar-refractivity contribution is 6.25. The Balaban J connectivity index is 1.86. The van der Waals surface area contributed by atoms with Gasteiger partial charge in [0.2, 0.25) is 5.78 Å². The molecule has 1 aliphatic heterocycles. The first kappa shape index (κ1) is 18.8. The van der Waals surface area contributed by atoms with Gasteiger partial charge in [0.15, 0.2) is 11.6 Å². The van der Waals surface area contributed by atoms with E-state index in [0.717, 1.165) is 11.6 Å². The first-order valence-electron chi connectivity index (χ1n) is 9.11. The number of fused-ring (bicyclic) bond motifs is 1. The quantitative estimate of drug-likeness (QED) is 0.471. The molecule has 2 heterocycles. The summed E-state index contributed by atoms with van der Waals surface area (Å²) in [5.74, 6) is -3.45. The Morgan fingerprint density at radius 1 is 1.31 bits per heavy atom. The van der Waals surface area contributed by atoms with E-state index < -0.39 is 29.1 Å². The Morgan fingerprint density at radius 3 is 2.66 bits per heavy atom. The lowest BCUT2D eigenvalue weighted by Crippen LogP contribution is -2.27. The van der Waals surface area contributed by atoms with E-state index in [1.165, 1.54) is 6.08 Å². The normalized spacial score (nSPS) is 22.6. The number of carbonyl (C=O) groups is 2. The lowest BCUT2D eigenvalue weighted by atomic mass is 9.82. The zero-order chi connectivity index (χ0) is 20.7. The number of anilines is 1. The summed E-state index contributed by atoms with van der Waals surface area (Å²) in [4.78, 5) is 30.3. The first-order valence-corrected chi connectivity index (χ1v) is 9.11. The molecule has 29 heavy (non-hydrogen) atoms. The SMILES string of the molecule is CC1CN(c2nc3c(cc2F)C(=O)C(C(=O)O)=CC3c2ccccc2)C/C1=N\O. The van der Waals surface area contributed by atoms with Crippen LogP contribution in [0.4, 0.5) is 10.2 Å². The van der Waals surface area contributed by atoms with Crippen LogP contribution in [-0.2, 0) is 4.79 Å². The number of nitrogens with zero attached hydrogens (tertiary/aromatic N) is 3. The molecule has 2 aromatic rings. The van der Waals surface area contributed by atoms with Crippen molar-refractivity contribution in [1.29, 1.82) is 0 Å². The number of halogens is 1. The van der Waals surface area contributed by atoms with Gasteiger partial charge >= 0.3 is 5.97 Å². The fourth-order valence-electron chi connectivity index (χ4n) is 3.83.